The molecule has 1 aliphatic heterocycles. The highest BCUT2D eigenvalue weighted by Crippen LogP contribution is 2.40. The third-order valence-corrected chi connectivity index (χ3v) is 3.62. The molecule has 0 aromatic rings. The van der Waals surface area contributed by atoms with Gasteiger partial charge in [-0.25, -0.2) is 0 Å². The molecule has 2 fully saturated rings. The fraction of sp³-hybridized carbons (Fsp3) is 1.00. The van der Waals surface area contributed by atoms with Crippen molar-refractivity contribution in [2.45, 2.75) is 39.2 Å². The van der Waals surface area contributed by atoms with Gasteiger partial charge in [0.2, 0.25) is 0 Å². The molecule has 0 spiro atoms. The third kappa shape index (κ3) is 2.23. The number of nitrogens with zero attached hydrogens (tertiary/aromatic N) is 1. The van der Waals surface area contributed by atoms with Crippen molar-refractivity contribution in [3.05, 3.63) is 0 Å². The summed E-state index contributed by atoms with van der Waals surface area (Å²) in [5.41, 5.74) is 0.664. The zero-order valence-electron chi connectivity index (χ0n) is 8.97. The number of hydrogen-bond acceptors (Lipinski definition) is 2. The SMILES string of the molecule is C[C@H]1CN(CC2(C)CCC2)CCN1. The summed E-state index contributed by atoms with van der Waals surface area (Å²) in [6.07, 6.45) is 4.36. The van der Waals surface area contributed by atoms with E-state index < -0.39 is 0 Å². The molecule has 0 aromatic heterocycles. The van der Waals surface area contributed by atoms with Crippen molar-refractivity contribution in [2.24, 2.45) is 5.41 Å². The van der Waals surface area contributed by atoms with Crippen LogP contribution < -0.4 is 5.32 Å². The molecule has 1 atom stereocenters. The Hall–Kier alpha value is -0.0800. The van der Waals surface area contributed by atoms with Gasteiger partial charge in [0, 0.05) is 32.2 Å². The summed E-state index contributed by atoms with van der Waals surface area (Å²) in [6.45, 7) is 9.74. The number of hydrogen-bond donors (Lipinski definition) is 1. The summed E-state index contributed by atoms with van der Waals surface area (Å²) in [5.74, 6) is 0. The summed E-state index contributed by atoms with van der Waals surface area (Å²) < 4.78 is 0. The van der Waals surface area contributed by atoms with Gasteiger partial charge in [0.05, 0.1) is 0 Å². The van der Waals surface area contributed by atoms with E-state index >= 15 is 0 Å². The summed E-state index contributed by atoms with van der Waals surface area (Å²) in [6, 6.07) is 0.692. The van der Waals surface area contributed by atoms with Gasteiger partial charge < -0.3 is 5.32 Å². The van der Waals surface area contributed by atoms with Crippen LogP contribution in [0.2, 0.25) is 0 Å². The van der Waals surface area contributed by atoms with Gasteiger partial charge in [-0.05, 0) is 25.2 Å². The minimum Gasteiger partial charge on any atom is -0.312 e. The maximum atomic E-state index is 3.49. The first kappa shape index (κ1) is 9.47. The lowest BCUT2D eigenvalue weighted by Gasteiger charge is -2.44. The van der Waals surface area contributed by atoms with Gasteiger partial charge in [0.25, 0.3) is 0 Å². The Balaban J connectivity index is 1.80. The van der Waals surface area contributed by atoms with Crippen molar-refractivity contribution in [1.82, 2.24) is 10.2 Å². The van der Waals surface area contributed by atoms with Crippen LogP contribution in [0.1, 0.15) is 33.1 Å². The van der Waals surface area contributed by atoms with Gasteiger partial charge in [0.15, 0.2) is 0 Å². The zero-order chi connectivity index (χ0) is 9.31. The van der Waals surface area contributed by atoms with E-state index in [4.69, 9.17) is 0 Å². The fourth-order valence-corrected chi connectivity index (χ4v) is 2.63. The molecule has 0 unspecified atom stereocenters. The van der Waals surface area contributed by atoms with Crippen LogP contribution in [0.3, 0.4) is 0 Å². The smallest absolute Gasteiger partial charge is 0.0167 e. The maximum absolute atomic E-state index is 3.49. The lowest BCUT2D eigenvalue weighted by atomic mass is 9.70. The van der Waals surface area contributed by atoms with Crippen LogP contribution in [0.5, 0.6) is 0 Å². The molecule has 2 nitrogen and oxygen atoms in total. The second-order valence-electron chi connectivity index (χ2n) is 5.25. The Morgan fingerprint density at radius 1 is 1.46 bits per heavy atom. The molecule has 0 bridgehead atoms. The van der Waals surface area contributed by atoms with E-state index in [1.807, 2.05) is 0 Å². The zero-order valence-corrected chi connectivity index (χ0v) is 8.97. The van der Waals surface area contributed by atoms with Crippen LogP contribution >= 0.6 is 0 Å². The van der Waals surface area contributed by atoms with Crippen molar-refractivity contribution < 1.29 is 0 Å². The average molecular weight is 182 g/mol. The minimum atomic E-state index is 0.664. The standard InChI is InChI=1S/C11H22N2/c1-10-8-13(7-6-12-10)9-11(2)4-3-5-11/h10,12H,3-9H2,1-2H3/t10-/m0/s1. The van der Waals surface area contributed by atoms with Gasteiger partial charge >= 0.3 is 0 Å². The van der Waals surface area contributed by atoms with Crippen molar-refractivity contribution in [2.75, 3.05) is 26.2 Å². The van der Waals surface area contributed by atoms with Crippen LogP contribution in [0.4, 0.5) is 0 Å². The van der Waals surface area contributed by atoms with E-state index in [0.29, 0.717) is 11.5 Å². The van der Waals surface area contributed by atoms with Crippen molar-refractivity contribution >= 4 is 0 Å². The molecule has 2 rings (SSSR count). The number of piperazine rings is 1. The van der Waals surface area contributed by atoms with Crippen molar-refractivity contribution in [3.8, 4) is 0 Å². The van der Waals surface area contributed by atoms with E-state index in [1.165, 1.54) is 45.4 Å². The normalized spacial score (nSPS) is 34.2. The molecule has 13 heavy (non-hydrogen) atoms. The molecule has 1 N–H and O–H groups in total. The lowest BCUT2D eigenvalue weighted by Crippen LogP contribution is -2.52. The van der Waals surface area contributed by atoms with Gasteiger partial charge in [-0.1, -0.05) is 13.3 Å². The lowest BCUT2D eigenvalue weighted by molar-refractivity contribution is 0.0698. The summed E-state index contributed by atoms with van der Waals surface area (Å²) >= 11 is 0. The van der Waals surface area contributed by atoms with Crippen LogP contribution in [0, 0.1) is 5.41 Å². The number of rotatable bonds is 2. The van der Waals surface area contributed by atoms with Gasteiger partial charge in [-0.2, -0.15) is 0 Å². The van der Waals surface area contributed by atoms with Crippen LogP contribution in [0.25, 0.3) is 0 Å². The topological polar surface area (TPSA) is 15.3 Å². The Labute approximate surface area is 81.7 Å². The van der Waals surface area contributed by atoms with E-state index in [0.717, 1.165) is 0 Å². The van der Waals surface area contributed by atoms with Crippen LogP contribution in [-0.2, 0) is 0 Å². The Bertz CT molecular complexity index is 175. The second-order valence-corrected chi connectivity index (χ2v) is 5.25. The highest BCUT2D eigenvalue weighted by molar-refractivity contribution is 4.88. The first-order valence-electron chi connectivity index (χ1n) is 5.64. The van der Waals surface area contributed by atoms with Crippen LogP contribution in [0.15, 0.2) is 0 Å². The monoisotopic (exact) mass is 182 g/mol. The van der Waals surface area contributed by atoms with E-state index in [1.54, 1.807) is 0 Å². The molecule has 1 saturated carbocycles. The van der Waals surface area contributed by atoms with E-state index in [-0.39, 0.29) is 0 Å². The van der Waals surface area contributed by atoms with Crippen LogP contribution in [-0.4, -0.2) is 37.1 Å². The molecule has 0 aromatic carbocycles. The predicted octanol–water partition coefficient (Wildman–Crippen LogP) is 1.47. The molecular formula is C11H22N2. The summed E-state index contributed by atoms with van der Waals surface area (Å²) in [5, 5.41) is 3.49. The Morgan fingerprint density at radius 2 is 2.23 bits per heavy atom. The maximum Gasteiger partial charge on any atom is 0.0167 e. The largest absolute Gasteiger partial charge is 0.312 e. The second kappa shape index (κ2) is 3.58. The van der Waals surface area contributed by atoms with E-state index in [9.17, 15) is 0 Å². The molecule has 2 heteroatoms. The van der Waals surface area contributed by atoms with Crippen molar-refractivity contribution in [3.63, 3.8) is 0 Å². The average Bonchev–Trinajstić information content (AvgIpc) is 2.01. The fourth-order valence-electron chi connectivity index (χ4n) is 2.63. The third-order valence-electron chi connectivity index (χ3n) is 3.62. The van der Waals surface area contributed by atoms with E-state index in [2.05, 4.69) is 24.1 Å². The molecule has 0 radical (unpaired) electrons. The first-order chi connectivity index (χ1) is 6.18. The van der Waals surface area contributed by atoms with Gasteiger partial charge in [-0.15, -0.1) is 0 Å². The molecule has 76 valence electrons. The quantitative estimate of drug-likeness (QED) is 0.695. The first-order valence-corrected chi connectivity index (χ1v) is 5.64. The minimum absolute atomic E-state index is 0.664. The summed E-state index contributed by atoms with van der Waals surface area (Å²) in [4.78, 5) is 2.64. The Morgan fingerprint density at radius 3 is 2.77 bits per heavy atom. The summed E-state index contributed by atoms with van der Waals surface area (Å²) in [7, 11) is 0. The van der Waals surface area contributed by atoms with Gasteiger partial charge in [0.1, 0.15) is 0 Å². The highest BCUT2D eigenvalue weighted by atomic mass is 15.2. The van der Waals surface area contributed by atoms with Gasteiger partial charge in [-0.3, -0.25) is 4.90 Å². The molecule has 0 amide bonds. The molecule has 1 heterocycles. The number of nitrogens with one attached hydrogen (secondary N) is 1. The molecular weight excluding hydrogens is 160 g/mol. The molecule has 1 aliphatic carbocycles. The predicted molar refractivity (Wildman–Crippen MR) is 55.9 cm³/mol. The molecule has 2 aliphatic rings. The Kier molecular flexibility index (Phi) is 2.61. The highest BCUT2D eigenvalue weighted by Gasteiger charge is 2.34. The van der Waals surface area contributed by atoms with Crippen molar-refractivity contribution in [1.29, 1.82) is 0 Å². The molecule has 1 saturated heterocycles.